The zero-order valence-electron chi connectivity index (χ0n) is 16.3. The van der Waals surface area contributed by atoms with E-state index in [-0.39, 0.29) is 26.1 Å². The molecular formula is C20H24F2N2O5. The molecule has 1 aromatic rings. The van der Waals surface area contributed by atoms with Gasteiger partial charge < -0.3 is 14.7 Å². The maximum absolute atomic E-state index is 14.5. The first-order valence-electron chi connectivity index (χ1n) is 9.37. The number of carbonyl (C=O) groups excluding carboxylic acids is 2. The van der Waals surface area contributed by atoms with E-state index >= 15 is 0 Å². The summed E-state index contributed by atoms with van der Waals surface area (Å²) in [4.78, 5) is 38.4. The highest BCUT2D eigenvalue weighted by molar-refractivity contribution is 5.84. The molecule has 158 valence electrons. The first kappa shape index (κ1) is 21.0. The monoisotopic (exact) mass is 410 g/mol. The van der Waals surface area contributed by atoms with Crippen LogP contribution in [0.2, 0.25) is 0 Å². The largest absolute Gasteiger partial charge is 0.481 e. The van der Waals surface area contributed by atoms with Crippen molar-refractivity contribution in [3.63, 3.8) is 0 Å². The third-order valence-corrected chi connectivity index (χ3v) is 5.58. The summed E-state index contributed by atoms with van der Waals surface area (Å²) < 4.78 is 34.2. The maximum Gasteiger partial charge on any atom is 0.410 e. The van der Waals surface area contributed by atoms with Crippen molar-refractivity contribution in [1.82, 2.24) is 9.80 Å². The van der Waals surface area contributed by atoms with Gasteiger partial charge in [-0.2, -0.15) is 0 Å². The van der Waals surface area contributed by atoms with Gasteiger partial charge in [0.25, 0.3) is 5.92 Å². The lowest BCUT2D eigenvalue weighted by atomic mass is 9.89. The molecule has 0 unspecified atom stereocenters. The number of carboxylic acid groups (broad SMARTS) is 1. The van der Waals surface area contributed by atoms with Crippen LogP contribution in [-0.4, -0.2) is 64.5 Å². The molecule has 0 bridgehead atoms. The predicted octanol–water partition coefficient (Wildman–Crippen LogP) is 2.60. The van der Waals surface area contributed by atoms with Gasteiger partial charge in [0.2, 0.25) is 5.91 Å². The molecule has 0 spiro atoms. The number of hydrogen-bond acceptors (Lipinski definition) is 4. The summed E-state index contributed by atoms with van der Waals surface area (Å²) in [6, 6.07) is 8.03. The fourth-order valence-corrected chi connectivity index (χ4v) is 3.75. The van der Waals surface area contributed by atoms with E-state index in [1.165, 1.54) is 18.7 Å². The third kappa shape index (κ3) is 4.33. The number of ether oxygens (including phenoxy) is 1. The van der Waals surface area contributed by atoms with E-state index in [0.717, 1.165) is 10.5 Å². The molecule has 2 heterocycles. The zero-order chi connectivity index (χ0) is 21.4. The number of aliphatic carboxylic acids is 1. The molecule has 2 amide bonds. The molecule has 2 aliphatic rings. The van der Waals surface area contributed by atoms with Crippen LogP contribution in [0.1, 0.15) is 25.8 Å². The molecule has 0 aliphatic carbocycles. The van der Waals surface area contributed by atoms with E-state index in [0.29, 0.717) is 0 Å². The van der Waals surface area contributed by atoms with E-state index in [4.69, 9.17) is 4.74 Å². The Morgan fingerprint density at radius 2 is 1.86 bits per heavy atom. The van der Waals surface area contributed by atoms with Gasteiger partial charge in [0.15, 0.2) is 0 Å². The number of fused-ring (bicyclic) bond motifs is 1. The number of nitrogens with zero attached hydrogens (tertiary/aromatic N) is 2. The molecule has 2 saturated heterocycles. The van der Waals surface area contributed by atoms with Crippen LogP contribution in [0.25, 0.3) is 0 Å². The highest BCUT2D eigenvalue weighted by atomic mass is 19.3. The molecule has 1 aromatic carbocycles. The van der Waals surface area contributed by atoms with E-state index in [1.54, 1.807) is 24.3 Å². The van der Waals surface area contributed by atoms with Crippen molar-refractivity contribution in [2.75, 3.05) is 19.6 Å². The minimum atomic E-state index is -3.15. The van der Waals surface area contributed by atoms with E-state index in [2.05, 4.69) is 0 Å². The second-order valence-electron chi connectivity index (χ2n) is 8.27. The van der Waals surface area contributed by atoms with Crippen LogP contribution in [0, 0.1) is 11.3 Å². The van der Waals surface area contributed by atoms with Crippen LogP contribution in [0.4, 0.5) is 13.6 Å². The summed E-state index contributed by atoms with van der Waals surface area (Å²) in [5.41, 5.74) is -0.562. The van der Waals surface area contributed by atoms with Crippen LogP contribution in [0.15, 0.2) is 30.3 Å². The molecule has 29 heavy (non-hydrogen) atoms. The van der Waals surface area contributed by atoms with Gasteiger partial charge in [-0.25, -0.2) is 13.6 Å². The van der Waals surface area contributed by atoms with Crippen molar-refractivity contribution in [3.8, 4) is 0 Å². The Balaban J connectivity index is 1.66. The molecule has 3 rings (SSSR count). The molecule has 9 heteroatoms. The smallest absolute Gasteiger partial charge is 0.410 e. The summed E-state index contributed by atoms with van der Waals surface area (Å²) in [6.07, 6.45) is -1.15. The van der Waals surface area contributed by atoms with Gasteiger partial charge in [-0.3, -0.25) is 14.5 Å². The van der Waals surface area contributed by atoms with Gasteiger partial charge >= 0.3 is 12.1 Å². The molecule has 2 fully saturated rings. The number of carbonyl (C=O) groups is 3. The van der Waals surface area contributed by atoms with E-state index in [9.17, 15) is 28.3 Å². The van der Waals surface area contributed by atoms with Crippen molar-refractivity contribution < 1.29 is 33.0 Å². The van der Waals surface area contributed by atoms with E-state index < -0.39 is 47.8 Å². The van der Waals surface area contributed by atoms with Gasteiger partial charge in [-0.1, -0.05) is 30.3 Å². The lowest BCUT2D eigenvalue weighted by Gasteiger charge is -2.26. The van der Waals surface area contributed by atoms with Crippen LogP contribution in [0.3, 0.4) is 0 Å². The third-order valence-electron chi connectivity index (χ3n) is 5.58. The Morgan fingerprint density at radius 1 is 1.21 bits per heavy atom. The summed E-state index contributed by atoms with van der Waals surface area (Å²) >= 11 is 0. The second kappa shape index (κ2) is 7.61. The van der Waals surface area contributed by atoms with Crippen molar-refractivity contribution in [3.05, 3.63) is 35.9 Å². The molecule has 7 nitrogen and oxygen atoms in total. The lowest BCUT2D eigenvalue weighted by Crippen LogP contribution is -2.43. The number of likely N-dealkylation sites (tertiary alicyclic amines) is 2. The summed E-state index contributed by atoms with van der Waals surface area (Å²) in [6.45, 7) is 1.76. The molecule has 1 N–H and O–H groups in total. The number of benzene rings is 1. The minimum absolute atomic E-state index is 0.0332. The molecular weight excluding hydrogens is 386 g/mol. The summed E-state index contributed by atoms with van der Waals surface area (Å²) in [5, 5.41) is 9.19. The topological polar surface area (TPSA) is 87.2 Å². The maximum atomic E-state index is 14.5. The number of amides is 2. The molecule has 2 atom stereocenters. The Kier molecular flexibility index (Phi) is 5.51. The molecule has 0 radical (unpaired) electrons. The number of rotatable bonds is 5. The SMILES string of the molecule is CC(C)(CC(=O)N1C[C@@H]2[C@H](C1)N(C(=O)OCc1ccccc1)CC2(F)F)C(=O)O. The fourth-order valence-electron chi connectivity index (χ4n) is 3.75. The van der Waals surface area contributed by atoms with Crippen LogP contribution in [-0.2, 0) is 20.9 Å². The molecule has 2 aliphatic heterocycles. The normalized spacial score (nSPS) is 23.0. The molecule has 0 aromatic heterocycles. The van der Waals surface area contributed by atoms with Crippen LogP contribution in [0.5, 0.6) is 0 Å². The van der Waals surface area contributed by atoms with Crippen LogP contribution >= 0.6 is 0 Å². The first-order valence-corrected chi connectivity index (χ1v) is 9.37. The van der Waals surface area contributed by atoms with Gasteiger partial charge in [0.05, 0.1) is 23.9 Å². The zero-order valence-corrected chi connectivity index (χ0v) is 16.3. The van der Waals surface area contributed by atoms with E-state index in [1.807, 2.05) is 6.07 Å². The van der Waals surface area contributed by atoms with Gasteiger partial charge in [-0.05, 0) is 19.4 Å². The van der Waals surface area contributed by atoms with Crippen molar-refractivity contribution >= 4 is 18.0 Å². The number of alkyl halides is 2. The lowest BCUT2D eigenvalue weighted by molar-refractivity contribution is -0.151. The Labute approximate surface area is 167 Å². The second-order valence-corrected chi connectivity index (χ2v) is 8.27. The quantitative estimate of drug-likeness (QED) is 0.806. The highest BCUT2D eigenvalue weighted by Gasteiger charge is 2.60. The number of carboxylic acids is 1. The van der Waals surface area contributed by atoms with Crippen LogP contribution < -0.4 is 0 Å². The van der Waals surface area contributed by atoms with Gasteiger partial charge in [-0.15, -0.1) is 0 Å². The Hall–Kier alpha value is -2.71. The first-order chi connectivity index (χ1) is 13.5. The van der Waals surface area contributed by atoms with Gasteiger partial charge in [0, 0.05) is 19.5 Å². The predicted molar refractivity (Wildman–Crippen MR) is 98.2 cm³/mol. The summed E-state index contributed by atoms with van der Waals surface area (Å²) in [5.74, 6) is -5.99. The van der Waals surface area contributed by atoms with Crippen molar-refractivity contribution in [2.24, 2.45) is 11.3 Å². The highest BCUT2D eigenvalue weighted by Crippen LogP contribution is 2.43. The average Bonchev–Trinajstić information content (AvgIpc) is 3.20. The minimum Gasteiger partial charge on any atom is -0.481 e. The standard InChI is InChI=1S/C20H24F2N2O5/c1-19(2,17(26)27)8-16(25)23-9-14-15(10-23)24(12-20(14,21)22)18(28)29-11-13-6-4-3-5-7-13/h3-7,14-15H,8-12H2,1-2H3,(H,26,27)/t14-,15+/m1/s1. The Morgan fingerprint density at radius 3 is 2.48 bits per heavy atom. The summed E-state index contributed by atoms with van der Waals surface area (Å²) in [7, 11) is 0. The Bertz CT molecular complexity index is 799. The number of hydrogen-bond donors (Lipinski definition) is 1. The van der Waals surface area contributed by atoms with Crippen molar-refractivity contribution in [1.29, 1.82) is 0 Å². The van der Waals surface area contributed by atoms with Crippen molar-refractivity contribution in [2.45, 2.75) is 38.8 Å². The average molecular weight is 410 g/mol. The van der Waals surface area contributed by atoms with Gasteiger partial charge in [0.1, 0.15) is 6.61 Å². The number of halogens is 2. The fraction of sp³-hybridized carbons (Fsp3) is 0.550. The molecule has 0 saturated carbocycles.